The van der Waals surface area contributed by atoms with Crippen LogP contribution in [0.4, 0.5) is 0 Å². The average molecular weight is 325 g/mol. The van der Waals surface area contributed by atoms with Crippen LogP contribution in [0.3, 0.4) is 0 Å². The minimum absolute atomic E-state index is 0.196. The molecule has 1 aromatic heterocycles. The molecule has 0 unspecified atom stereocenters. The summed E-state index contributed by atoms with van der Waals surface area (Å²) in [6.07, 6.45) is -0.684. The number of fused-ring (bicyclic) bond motifs is 1. The Labute approximate surface area is 141 Å². The zero-order valence-corrected chi connectivity index (χ0v) is 14.1. The quantitative estimate of drug-likeness (QED) is 0.732. The lowest BCUT2D eigenvalue weighted by molar-refractivity contribution is 0.0921. The fraction of sp³-hybridized carbons (Fsp3) is 0.316. The number of rotatable bonds is 6. The Morgan fingerprint density at radius 2 is 1.67 bits per heavy atom. The minimum Gasteiger partial charge on any atom is -0.491 e. The van der Waals surface area contributed by atoms with E-state index in [-0.39, 0.29) is 6.61 Å². The number of benzene rings is 2. The Balaban J connectivity index is 1.76. The zero-order chi connectivity index (χ0) is 17.1. The first-order chi connectivity index (χ1) is 11.6. The molecule has 0 bridgehead atoms. The number of ether oxygens (including phenoxy) is 1. The second-order valence-corrected chi connectivity index (χ2v) is 5.95. The maximum atomic E-state index is 10.3. The van der Waals surface area contributed by atoms with Crippen LogP contribution in [0.5, 0.6) is 5.75 Å². The lowest BCUT2D eigenvalue weighted by atomic mass is 10.2. The molecule has 3 aromatic rings. The van der Waals surface area contributed by atoms with Crippen LogP contribution in [0.1, 0.15) is 12.5 Å². The van der Waals surface area contributed by atoms with Gasteiger partial charge in [0.15, 0.2) is 0 Å². The molecule has 2 aromatic carbocycles. The van der Waals surface area contributed by atoms with Gasteiger partial charge < -0.3 is 19.0 Å². The molecule has 0 spiro atoms. The number of nitrogens with one attached hydrogen (secondary N) is 1. The van der Waals surface area contributed by atoms with E-state index in [0.717, 1.165) is 23.3 Å². The van der Waals surface area contributed by atoms with Gasteiger partial charge >= 0.3 is 0 Å². The topological polar surface area (TPSA) is 63.2 Å². The van der Waals surface area contributed by atoms with Crippen LogP contribution in [0.2, 0.25) is 0 Å². The van der Waals surface area contributed by atoms with E-state index >= 15 is 0 Å². The fourth-order valence-corrected chi connectivity index (χ4v) is 2.89. The number of aryl methyl sites for hydroxylation is 2. The highest BCUT2D eigenvalue weighted by Crippen LogP contribution is 2.14. The number of imidazole rings is 1. The molecule has 0 radical (unpaired) electrons. The maximum Gasteiger partial charge on any atom is 0.203 e. The van der Waals surface area contributed by atoms with Crippen molar-refractivity contribution >= 4 is 11.0 Å². The molecule has 0 saturated heterocycles. The van der Waals surface area contributed by atoms with E-state index in [2.05, 4.69) is 0 Å². The van der Waals surface area contributed by atoms with Crippen LogP contribution in [0.15, 0.2) is 48.5 Å². The van der Waals surface area contributed by atoms with Gasteiger partial charge in [0.25, 0.3) is 0 Å². The van der Waals surface area contributed by atoms with Gasteiger partial charge in [-0.25, -0.2) is 0 Å². The molecule has 0 aliphatic heterocycles. The van der Waals surface area contributed by atoms with Crippen molar-refractivity contribution in [3.05, 3.63) is 59.7 Å². The molecule has 0 fully saturated rings. The van der Waals surface area contributed by atoms with E-state index in [0.29, 0.717) is 12.2 Å². The van der Waals surface area contributed by atoms with Crippen molar-refractivity contribution in [3.8, 4) is 5.75 Å². The molecule has 5 nitrogen and oxygen atoms in total. The Bertz CT molecular complexity index is 878. The summed E-state index contributed by atoms with van der Waals surface area (Å²) < 4.78 is 9.42. The molecule has 5 heteroatoms. The van der Waals surface area contributed by atoms with Crippen LogP contribution in [0, 0.1) is 12.3 Å². The normalized spacial score (nSPS) is 12.5. The molecule has 2 N–H and O–H groups in total. The second kappa shape index (κ2) is 6.93. The third kappa shape index (κ3) is 3.21. The number of nitrogens with zero attached hydrogens (tertiary/aromatic N) is 2. The molecule has 0 aliphatic rings. The van der Waals surface area contributed by atoms with Crippen LogP contribution in [0.25, 0.3) is 11.0 Å². The fourth-order valence-electron chi connectivity index (χ4n) is 2.89. The Kier molecular flexibility index (Phi) is 4.71. The van der Waals surface area contributed by atoms with Gasteiger partial charge in [-0.3, -0.25) is 5.41 Å². The first-order valence-corrected chi connectivity index (χ1v) is 8.20. The third-order valence-electron chi connectivity index (χ3n) is 4.15. The molecule has 0 saturated carbocycles. The zero-order valence-electron chi connectivity index (χ0n) is 14.1. The van der Waals surface area contributed by atoms with Gasteiger partial charge in [0, 0.05) is 6.54 Å². The Morgan fingerprint density at radius 1 is 1.04 bits per heavy atom. The van der Waals surface area contributed by atoms with E-state index in [1.165, 1.54) is 5.56 Å². The van der Waals surface area contributed by atoms with E-state index < -0.39 is 6.10 Å². The van der Waals surface area contributed by atoms with Crippen LogP contribution < -0.4 is 10.4 Å². The molecule has 0 aliphatic carbocycles. The van der Waals surface area contributed by atoms with E-state index in [4.69, 9.17) is 10.1 Å². The summed E-state index contributed by atoms with van der Waals surface area (Å²) in [4.78, 5) is 0. The highest BCUT2D eigenvalue weighted by molar-refractivity contribution is 5.75. The molecule has 126 valence electrons. The average Bonchev–Trinajstić information content (AvgIpc) is 2.86. The SMILES string of the molecule is CCn1c(=N)n(C[C@H](O)COc2ccc(C)cc2)c2ccccc21. The van der Waals surface area contributed by atoms with E-state index in [9.17, 15) is 5.11 Å². The predicted molar refractivity (Wildman–Crippen MR) is 94.1 cm³/mol. The predicted octanol–water partition coefficient (Wildman–Crippen LogP) is 2.69. The number of aliphatic hydroxyl groups is 1. The van der Waals surface area contributed by atoms with Crippen LogP contribution in [-0.2, 0) is 13.1 Å². The number of hydrogen-bond acceptors (Lipinski definition) is 3. The van der Waals surface area contributed by atoms with Crippen molar-refractivity contribution in [2.24, 2.45) is 0 Å². The maximum absolute atomic E-state index is 10.3. The van der Waals surface area contributed by atoms with Crippen LogP contribution in [-0.4, -0.2) is 27.0 Å². The second-order valence-electron chi connectivity index (χ2n) is 5.95. The highest BCUT2D eigenvalue weighted by Gasteiger charge is 2.13. The van der Waals surface area contributed by atoms with Gasteiger partial charge in [-0.2, -0.15) is 0 Å². The van der Waals surface area contributed by atoms with E-state index in [1.807, 2.05) is 71.5 Å². The monoisotopic (exact) mass is 325 g/mol. The number of para-hydroxylation sites is 2. The van der Waals surface area contributed by atoms with Crippen molar-refractivity contribution in [2.75, 3.05) is 6.61 Å². The lowest BCUT2D eigenvalue weighted by Crippen LogP contribution is -2.31. The van der Waals surface area contributed by atoms with Gasteiger partial charge in [0.05, 0.1) is 17.6 Å². The highest BCUT2D eigenvalue weighted by atomic mass is 16.5. The first kappa shape index (κ1) is 16.3. The molecular formula is C19H23N3O2. The molecule has 1 atom stereocenters. The summed E-state index contributed by atoms with van der Waals surface area (Å²) in [6.45, 7) is 5.29. The van der Waals surface area contributed by atoms with Crippen molar-refractivity contribution in [3.63, 3.8) is 0 Å². The first-order valence-electron chi connectivity index (χ1n) is 8.20. The summed E-state index contributed by atoms with van der Waals surface area (Å²) in [7, 11) is 0. The van der Waals surface area contributed by atoms with Gasteiger partial charge in [-0.15, -0.1) is 0 Å². The third-order valence-corrected chi connectivity index (χ3v) is 4.15. The minimum atomic E-state index is -0.684. The summed E-state index contributed by atoms with van der Waals surface area (Å²) in [5, 5.41) is 18.7. The molecule has 1 heterocycles. The molecule has 24 heavy (non-hydrogen) atoms. The molecule has 0 amide bonds. The summed E-state index contributed by atoms with van der Waals surface area (Å²) in [6, 6.07) is 15.7. The largest absolute Gasteiger partial charge is 0.491 e. The summed E-state index contributed by atoms with van der Waals surface area (Å²) in [5.74, 6) is 0.742. The van der Waals surface area contributed by atoms with Crippen molar-refractivity contribution in [1.29, 1.82) is 5.41 Å². The van der Waals surface area contributed by atoms with Crippen molar-refractivity contribution in [1.82, 2.24) is 9.13 Å². The van der Waals surface area contributed by atoms with E-state index in [1.54, 1.807) is 0 Å². The van der Waals surface area contributed by atoms with Crippen molar-refractivity contribution < 1.29 is 9.84 Å². The van der Waals surface area contributed by atoms with Crippen molar-refractivity contribution in [2.45, 2.75) is 33.0 Å². The van der Waals surface area contributed by atoms with Gasteiger partial charge in [-0.1, -0.05) is 29.8 Å². The summed E-state index contributed by atoms with van der Waals surface area (Å²) in [5.41, 5.74) is 3.54. The Hall–Kier alpha value is -2.53. The standard InChI is InChI=1S/C19H23N3O2/c1-3-21-17-6-4-5-7-18(17)22(19(21)20)12-15(23)13-24-16-10-8-14(2)9-11-16/h4-11,15,20,23H,3,12-13H2,1-2H3/t15-/m0/s1. The van der Waals surface area contributed by atoms with Gasteiger partial charge in [-0.05, 0) is 38.1 Å². The smallest absolute Gasteiger partial charge is 0.203 e. The summed E-state index contributed by atoms with van der Waals surface area (Å²) >= 11 is 0. The lowest BCUT2D eigenvalue weighted by Gasteiger charge is -2.14. The van der Waals surface area contributed by atoms with Crippen LogP contribution >= 0.6 is 0 Å². The van der Waals surface area contributed by atoms with Gasteiger partial charge in [0.1, 0.15) is 18.5 Å². The molecular weight excluding hydrogens is 302 g/mol. The number of hydrogen-bond donors (Lipinski definition) is 2. The number of aromatic nitrogens is 2. The number of aliphatic hydroxyl groups excluding tert-OH is 1. The molecule has 3 rings (SSSR count). The van der Waals surface area contributed by atoms with Gasteiger partial charge in [0.2, 0.25) is 5.62 Å². The Morgan fingerprint density at radius 3 is 2.29 bits per heavy atom.